The van der Waals surface area contributed by atoms with Gasteiger partial charge in [-0.05, 0) is 62.2 Å². The van der Waals surface area contributed by atoms with Crippen LogP contribution >= 0.6 is 0 Å². The largest absolute Gasteiger partial charge is 0.497 e. The molecule has 0 saturated heterocycles. The predicted octanol–water partition coefficient (Wildman–Crippen LogP) is 4.46. The van der Waals surface area contributed by atoms with Gasteiger partial charge in [0.05, 0.1) is 13.7 Å². The molecular weight excluding hydrogens is 328 g/mol. The number of benzene rings is 2. The highest BCUT2D eigenvalue weighted by molar-refractivity contribution is 6.10. The second-order valence-electron chi connectivity index (χ2n) is 6.13. The number of rotatable bonds is 8. The molecule has 1 aromatic heterocycles. The van der Waals surface area contributed by atoms with Crippen molar-refractivity contribution in [1.82, 2.24) is 4.98 Å². The number of nitrogens with one attached hydrogen (secondary N) is 1. The van der Waals surface area contributed by atoms with Crippen molar-refractivity contribution in [3.8, 4) is 5.75 Å². The number of ether oxygens (including phenoxy) is 3. The first-order valence-electron chi connectivity index (χ1n) is 8.99. The number of methoxy groups -OCH3 is 1. The molecule has 0 aliphatic carbocycles. The van der Waals surface area contributed by atoms with E-state index in [4.69, 9.17) is 14.2 Å². The molecule has 26 heavy (non-hydrogen) atoms. The maximum Gasteiger partial charge on any atom is 0.176 e. The molecule has 0 atom stereocenters. The molecule has 0 aliphatic rings. The Morgan fingerprint density at radius 1 is 1.08 bits per heavy atom. The number of nitrogens with zero attached hydrogens (tertiary/aromatic N) is 1. The summed E-state index contributed by atoms with van der Waals surface area (Å²) in [4.78, 5) is 8.01. The number of aryl methyl sites for hydroxylation is 1. The van der Waals surface area contributed by atoms with E-state index in [9.17, 15) is 0 Å². The number of hydrogen-bond donors (Lipinski definition) is 1. The van der Waals surface area contributed by atoms with Gasteiger partial charge in [-0.1, -0.05) is 0 Å². The maximum absolute atomic E-state index is 5.53. The Morgan fingerprint density at radius 2 is 1.85 bits per heavy atom. The maximum atomic E-state index is 5.53. The zero-order valence-electron chi connectivity index (χ0n) is 15.8. The van der Waals surface area contributed by atoms with Gasteiger partial charge in [0.1, 0.15) is 5.75 Å². The highest BCUT2D eigenvalue weighted by Gasteiger charge is 2.09. The standard InChI is InChI=1S/C21H26N2O3/c1-5-25-20(26-6-2)13-22-12-15-9-14(3)21-18(10-15)17-11-16(24-4)7-8-19(17)23-21/h7-12,20,23H,5-6,13H2,1-4H3. The quantitative estimate of drug-likeness (QED) is 0.480. The van der Waals surface area contributed by atoms with Crippen molar-refractivity contribution < 1.29 is 14.2 Å². The lowest BCUT2D eigenvalue weighted by Crippen LogP contribution is -2.20. The third-order valence-electron chi connectivity index (χ3n) is 4.33. The van der Waals surface area contributed by atoms with Crippen molar-refractivity contribution in [2.24, 2.45) is 4.99 Å². The highest BCUT2D eigenvalue weighted by atomic mass is 16.7. The van der Waals surface area contributed by atoms with E-state index in [1.165, 1.54) is 10.9 Å². The smallest absolute Gasteiger partial charge is 0.176 e. The molecule has 0 amide bonds. The van der Waals surface area contributed by atoms with Crippen LogP contribution in [0, 0.1) is 6.92 Å². The highest BCUT2D eigenvalue weighted by Crippen LogP contribution is 2.31. The fourth-order valence-electron chi connectivity index (χ4n) is 3.15. The van der Waals surface area contributed by atoms with Crippen molar-refractivity contribution in [3.63, 3.8) is 0 Å². The van der Waals surface area contributed by atoms with Crippen LogP contribution in [-0.4, -0.2) is 44.4 Å². The van der Waals surface area contributed by atoms with Gasteiger partial charge in [0.15, 0.2) is 6.29 Å². The molecule has 5 nitrogen and oxygen atoms in total. The molecular formula is C21H26N2O3. The fourth-order valence-corrected chi connectivity index (χ4v) is 3.15. The van der Waals surface area contributed by atoms with Crippen LogP contribution in [0.25, 0.3) is 21.8 Å². The minimum Gasteiger partial charge on any atom is -0.497 e. The monoisotopic (exact) mass is 354 g/mol. The minimum absolute atomic E-state index is 0.288. The summed E-state index contributed by atoms with van der Waals surface area (Å²) < 4.78 is 16.4. The van der Waals surface area contributed by atoms with Crippen LogP contribution in [-0.2, 0) is 9.47 Å². The predicted molar refractivity (Wildman–Crippen MR) is 107 cm³/mol. The molecule has 0 fully saturated rings. The van der Waals surface area contributed by atoms with Gasteiger partial charge in [-0.2, -0.15) is 0 Å². The summed E-state index contributed by atoms with van der Waals surface area (Å²) in [7, 11) is 1.69. The van der Waals surface area contributed by atoms with Gasteiger partial charge in [-0.25, -0.2) is 0 Å². The van der Waals surface area contributed by atoms with Crippen LogP contribution in [0.3, 0.4) is 0 Å². The summed E-state index contributed by atoms with van der Waals surface area (Å²) in [5, 5.41) is 2.32. The lowest BCUT2D eigenvalue weighted by Gasteiger charge is -2.14. The van der Waals surface area contributed by atoms with Crippen molar-refractivity contribution in [3.05, 3.63) is 41.5 Å². The Kier molecular flexibility index (Phi) is 5.91. The van der Waals surface area contributed by atoms with Crippen molar-refractivity contribution in [2.75, 3.05) is 26.9 Å². The van der Waals surface area contributed by atoms with E-state index < -0.39 is 0 Å². The Morgan fingerprint density at radius 3 is 2.54 bits per heavy atom. The van der Waals surface area contributed by atoms with Gasteiger partial charge in [-0.15, -0.1) is 0 Å². The van der Waals surface area contributed by atoms with Gasteiger partial charge in [-0.3, -0.25) is 4.99 Å². The number of fused-ring (bicyclic) bond motifs is 3. The van der Waals surface area contributed by atoms with Crippen LogP contribution in [0.15, 0.2) is 35.3 Å². The summed E-state index contributed by atoms with van der Waals surface area (Å²) in [6.07, 6.45) is 1.60. The van der Waals surface area contributed by atoms with Crippen molar-refractivity contribution >= 4 is 28.0 Å². The van der Waals surface area contributed by atoms with Crippen LogP contribution < -0.4 is 4.74 Å². The molecule has 1 N–H and O–H groups in total. The Bertz CT molecular complexity index is 908. The normalized spacial score (nSPS) is 12.0. The van der Waals surface area contributed by atoms with Crippen LogP contribution in [0.4, 0.5) is 0 Å². The average molecular weight is 354 g/mol. The molecule has 1 heterocycles. The van der Waals surface area contributed by atoms with E-state index in [1.54, 1.807) is 7.11 Å². The molecule has 138 valence electrons. The lowest BCUT2D eigenvalue weighted by atomic mass is 10.1. The van der Waals surface area contributed by atoms with E-state index in [-0.39, 0.29) is 6.29 Å². The zero-order chi connectivity index (χ0) is 18.5. The summed E-state index contributed by atoms with van der Waals surface area (Å²) >= 11 is 0. The molecule has 0 unspecified atom stereocenters. The molecule has 2 aromatic carbocycles. The fraction of sp³-hybridized carbons (Fsp3) is 0.381. The zero-order valence-corrected chi connectivity index (χ0v) is 15.8. The Balaban J connectivity index is 1.91. The molecule has 5 heteroatoms. The van der Waals surface area contributed by atoms with E-state index in [2.05, 4.69) is 41.2 Å². The first kappa shape index (κ1) is 18.4. The SMILES string of the molecule is CCOC(CN=Cc1cc(C)c2[nH]c3ccc(OC)cc3c2c1)OCC. The number of aliphatic imine (C=N–C) groups is 1. The van der Waals surface area contributed by atoms with Crippen LogP contribution in [0.1, 0.15) is 25.0 Å². The summed E-state index contributed by atoms with van der Waals surface area (Å²) in [6, 6.07) is 10.4. The van der Waals surface area contributed by atoms with Gasteiger partial charge < -0.3 is 19.2 Å². The number of aromatic nitrogens is 1. The van der Waals surface area contributed by atoms with Gasteiger partial charge in [0.2, 0.25) is 0 Å². The summed E-state index contributed by atoms with van der Waals surface area (Å²) in [5.74, 6) is 0.853. The molecule has 0 bridgehead atoms. The van der Waals surface area contributed by atoms with Crippen molar-refractivity contribution in [1.29, 1.82) is 0 Å². The Hall–Kier alpha value is -2.37. The van der Waals surface area contributed by atoms with E-state index >= 15 is 0 Å². The van der Waals surface area contributed by atoms with Crippen LogP contribution in [0.2, 0.25) is 0 Å². The number of H-pyrrole nitrogens is 1. The van der Waals surface area contributed by atoms with Gasteiger partial charge in [0, 0.05) is 41.2 Å². The number of aromatic amines is 1. The summed E-state index contributed by atoms with van der Waals surface area (Å²) in [6.45, 7) is 7.73. The average Bonchev–Trinajstić information content (AvgIpc) is 3.00. The van der Waals surface area contributed by atoms with E-state index in [1.807, 2.05) is 26.1 Å². The van der Waals surface area contributed by atoms with Crippen molar-refractivity contribution in [2.45, 2.75) is 27.1 Å². The third-order valence-corrected chi connectivity index (χ3v) is 4.33. The second-order valence-corrected chi connectivity index (χ2v) is 6.13. The molecule has 0 radical (unpaired) electrons. The molecule has 3 rings (SSSR count). The molecule has 0 saturated carbocycles. The first-order valence-corrected chi connectivity index (χ1v) is 8.99. The second kappa shape index (κ2) is 8.34. The van der Waals surface area contributed by atoms with Crippen LogP contribution in [0.5, 0.6) is 5.75 Å². The molecule has 0 spiro atoms. The topological polar surface area (TPSA) is 55.8 Å². The van der Waals surface area contributed by atoms with Gasteiger partial charge >= 0.3 is 0 Å². The number of hydrogen-bond acceptors (Lipinski definition) is 4. The third kappa shape index (κ3) is 3.89. The Labute approximate surface area is 154 Å². The summed E-state index contributed by atoms with van der Waals surface area (Å²) in [5.41, 5.74) is 4.49. The van der Waals surface area contributed by atoms with E-state index in [0.29, 0.717) is 19.8 Å². The molecule has 3 aromatic rings. The van der Waals surface area contributed by atoms with E-state index in [0.717, 1.165) is 27.7 Å². The lowest BCUT2D eigenvalue weighted by molar-refractivity contribution is -0.128. The minimum atomic E-state index is -0.288. The molecule has 0 aliphatic heterocycles. The first-order chi connectivity index (χ1) is 12.7. The van der Waals surface area contributed by atoms with Gasteiger partial charge in [0.25, 0.3) is 0 Å².